The van der Waals surface area contributed by atoms with E-state index in [1.165, 1.54) is 76.4 Å². The smallest absolute Gasteiger partial charge is 0.224 e. The zero-order chi connectivity index (χ0) is 13.1. The first-order chi connectivity index (χ1) is 8.84. The van der Waals surface area contributed by atoms with Crippen LogP contribution in [-0.4, -0.2) is 0 Å². The largest absolute Gasteiger partial charge is 1.00 e. The Kier molecular flexibility index (Phi) is 13.2. The molecule has 112 valence electrons. The second-order valence-electron chi connectivity index (χ2n) is 5.38. The first kappa shape index (κ1) is 19.1. The van der Waals surface area contributed by atoms with Gasteiger partial charge in [-0.05, 0) is 6.42 Å². The van der Waals surface area contributed by atoms with E-state index in [-0.39, 0.29) is 17.0 Å². The first-order valence-corrected chi connectivity index (χ1v) is 8.71. The molecule has 0 radical (unpaired) electrons. The summed E-state index contributed by atoms with van der Waals surface area (Å²) in [5.41, 5.74) is 3.65. The molecule has 0 amide bonds. The van der Waals surface area contributed by atoms with Crippen LogP contribution < -0.4 is 21.5 Å². The van der Waals surface area contributed by atoms with E-state index in [0.717, 1.165) is 0 Å². The molecule has 1 aromatic heterocycles. The molecule has 0 fully saturated rings. The van der Waals surface area contributed by atoms with Crippen LogP contribution in [0.4, 0.5) is 0 Å². The Morgan fingerprint density at radius 2 is 1.42 bits per heavy atom. The molecule has 0 unspecified atom stereocenters. The zero-order valence-electron chi connectivity index (χ0n) is 12.7. The summed E-state index contributed by atoms with van der Waals surface area (Å²) in [5, 5.41) is 2.23. The van der Waals surface area contributed by atoms with Crippen molar-refractivity contribution in [1.29, 1.82) is 0 Å². The summed E-state index contributed by atoms with van der Waals surface area (Å²) < 4.78 is 2.38. The number of unbranched alkanes of at least 4 members (excludes halogenated alkanes) is 9. The van der Waals surface area contributed by atoms with Crippen molar-refractivity contribution in [2.24, 2.45) is 0 Å². The van der Waals surface area contributed by atoms with E-state index in [1.807, 2.05) is 11.3 Å². The third-order valence-corrected chi connectivity index (χ3v) is 4.49. The number of nitrogens with zero attached hydrogens (tertiary/aromatic N) is 1. The highest BCUT2D eigenvalue weighted by molar-refractivity contribution is 7.07. The number of thiazole rings is 1. The van der Waals surface area contributed by atoms with Crippen LogP contribution in [0.5, 0.6) is 0 Å². The molecule has 0 aliphatic heterocycles. The SMILES string of the molecule is CCCCCCCCCCCC[n+]1cscc1C.[Br-]. The van der Waals surface area contributed by atoms with Crippen molar-refractivity contribution in [3.63, 3.8) is 0 Å². The summed E-state index contributed by atoms with van der Waals surface area (Å²) in [6, 6.07) is 0. The predicted octanol–water partition coefficient (Wildman–Crippen LogP) is 2.27. The fourth-order valence-corrected chi connectivity index (χ4v) is 3.16. The van der Waals surface area contributed by atoms with Crippen molar-refractivity contribution in [2.75, 3.05) is 0 Å². The molecule has 0 saturated heterocycles. The van der Waals surface area contributed by atoms with Gasteiger partial charge in [-0.3, -0.25) is 0 Å². The van der Waals surface area contributed by atoms with Crippen molar-refractivity contribution in [3.8, 4) is 0 Å². The summed E-state index contributed by atoms with van der Waals surface area (Å²) >= 11 is 1.81. The second kappa shape index (κ2) is 13.1. The van der Waals surface area contributed by atoms with Crippen molar-refractivity contribution >= 4 is 11.3 Å². The van der Waals surface area contributed by atoms with Gasteiger partial charge in [0, 0.05) is 13.3 Å². The predicted molar refractivity (Wildman–Crippen MR) is 81.1 cm³/mol. The lowest BCUT2D eigenvalue weighted by atomic mass is 10.1. The van der Waals surface area contributed by atoms with Crippen molar-refractivity contribution in [2.45, 2.75) is 84.6 Å². The maximum absolute atomic E-state index is 2.38. The van der Waals surface area contributed by atoms with Gasteiger partial charge in [0.25, 0.3) is 0 Å². The Bertz CT molecular complexity index is 299. The van der Waals surface area contributed by atoms with Crippen LogP contribution in [0.1, 0.15) is 76.8 Å². The van der Waals surface area contributed by atoms with Crippen molar-refractivity contribution in [3.05, 3.63) is 16.6 Å². The monoisotopic (exact) mass is 347 g/mol. The standard InChI is InChI=1S/C16H30NS.BrH/c1-3-4-5-6-7-8-9-10-11-12-13-17-15-18-14-16(17)2;/h14-15H,3-13H2,1-2H3;1H/q+1;/p-1. The third-order valence-electron chi connectivity index (χ3n) is 3.63. The van der Waals surface area contributed by atoms with Crippen LogP contribution in [0, 0.1) is 6.92 Å². The van der Waals surface area contributed by atoms with Crippen LogP contribution >= 0.6 is 11.3 Å². The Balaban J connectivity index is 0.00000324. The van der Waals surface area contributed by atoms with Crippen LogP contribution in [0.2, 0.25) is 0 Å². The lowest BCUT2D eigenvalue weighted by Gasteiger charge is -2.01. The van der Waals surface area contributed by atoms with Gasteiger partial charge in [-0.15, -0.1) is 0 Å². The van der Waals surface area contributed by atoms with E-state index < -0.39 is 0 Å². The lowest BCUT2D eigenvalue weighted by Crippen LogP contribution is -3.00. The van der Waals surface area contributed by atoms with Gasteiger partial charge in [0.2, 0.25) is 5.51 Å². The van der Waals surface area contributed by atoms with Gasteiger partial charge in [-0.2, -0.15) is 4.57 Å². The van der Waals surface area contributed by atoms with Gasteiger partial charge in [0.1, 0.15) is 6.54 Å². The fourth-order valence-electron chi connectivity index (χ4n) is 2.35. The number of halogens is 1. The molecule has 0 bridgehead atoms. The number of hydrogen-bond acceptors (Lipinski definition) is 1. The minimum Gasteiger partial charge on any atom is -1.00 e. The number of aryl methyl sites for hydroxylation is 2. The molecule has 1 nitrogen and oxygen atoms in total. The summed E-state index contributed by atoms with van der Waals surface area (Å²) in [6.45, 7) is 5.70. The molecule has 0 N–H and O–H groups in total. The maximum Gasteiger partial charge on any atom is 0.224 e. The highest BCUT2D eigenvalue weighted by Gasteiger charge is 2.05. The normalized spacial score (nSPS) is 10.4. The van der Waals surface area contributed by atoms with Gasteiger partial charge < -0.3 is 17.0 Å². The zero-order valence-corrected chi connectivity index (χ0v) is 15.1. The van der Waals surface area contributed by atoms with Gasteiger partial charge in [0.15, 0.2) is 5.69 Å². The van der Waals surface area contributed by atoms with Crippen molar-refractivity contribution in [1.82, 2.24) is 0 Å². The summed E-state index contributed by atoms with van der Waals surface area (Å²) in [7, 11) is 0. The van der Waals surface area contributed by atoms with Gasteiger partial charge >= 0.3 is 0 Å². The topological polar surface area (TPSA) is 3.88 Å². The van der Waals surface area contributed by atoms with Crippen LogP contribution in [-0.2, 0) is 6.54 Å². The molecule has 0 atom stereocenters. The quantitative estimate of drug-likeness (QED) is 0.427. The van der Waals surface area contributed by atoms with Crippen LogP contribution in [0.15, 0.2) is 10.9 Å². The molecule has 0 spiro atoms. The molecule has 0 aliphatic rings. The van der Waals surface area contributed by atoms with E-state index in [2.05, 4.69) is 29.3 Å². The van der Waals surface area contributed by atoms with Gasteiger partial charge in [0.05, 0.1) is 5.38 Å². The minimum absolute atomic E-state index is 0. The number of aromatic nitrogens is 1. The Morgan fingerprint density at radius 3 is 1.89 bits per heavy atom. The minimum atomic E-state index is 0. The summed E-state index contributed by atoms with van der Waals surface area (Å²) in [6.07, 6.45) is 14.2. The summed E-state index contributed by atoms with van der Waals surface area (Å²) in [5.74, 6) is 0. The molecule has 0 aromatic carbocycles. The second-order valence-corrected chi connectivity index (χ2v) is 6.09. The fraction of sp³-hybridized carbons (Fsp3) is 0.812. The molecule has 0 aliphatic carbocycles. The highest BCUT2D eigenvalue weighted by Crippen LogP contribution is 2.10. The average molecular weight is 348 g/mol. The maximum atomic E-state index is 2.38. The molecular formula is C16H30BrNS. The molecule has 1 heterocycles. The molecule has 0 saturated carbocycles. The third kappa shape index (κ3) is 9.61. The Hall–Kier alpha value is 0.110. The molecule has 3 heteroatoms. The summed E-state index contributed by atoms with van der Waals surface area (Å²) in [4.78, 5) is 0. The van der Waals surface area contributed by atoms with Gasteiger partial charge in [-0.25, -0.2) is 0 Å². The van der Waals surface area contributed by atoms with Crippen molar-refractivity contribution < 1.29 is 21.5 Å². The van der Waals surface area contributed by atoms with Crippen LogP contribution in [0.25, 0.3) is 0 Å². The molecule has 19 heavy (non-hydrogen) atoms. The van der Waals surface area contributed by atoms with E-state index in [9.17, 15) is 0 Å². The highest BCUT2D eigenvalue weighted by atomic mass is 79.9. The van der Waals surface area contributed by atoms with E-state index in [0.29, 0.717) is 0 Å². The average Bonchev–Trinajstić information content (AvgIpc) is 2.77. The van der Waals surface area contributed by atoms with E-state index in [1.54, 1.807) is 0 Å². The Morgan fingerprint density at radius 1 is 0.895 bits per heavy atom. The van der Waals surface area contributed by atoms with Gasteiger partial charge in [-0.1, -0.05) is 69.6 Å². The molecule has 1 aromatic rings. The molecular weight excluding hydrogens is 318 g/mol. The first-order valence-electron chi connectivity index (χ1n) is 7.77. The number of rotatable bonds is 11. The van der Waals surface area contributed by atoms with Crippen LogP contribution in [0.3, 0.4) is 0 Å². The molecule has 1 rings (SSSR count). The van der Waals surface area contributed by atoms with E-state index in [4.69, 9.17) is 0 Å². The lowest BCUT2D eigenvalue weighted by molar-refractivity contribution is -0.698. The Labute approximate surface area is 134 Å². The van der Waals surface area contributed by atoms with E-state index >= 15 is 0 Å². The number of hydrogen-bond donors (Lipinski definition) is 0.